The molecule has 0 saturated heterocycles. The smallest absolute Gasteiger partial charge is 0.152 e. The van der Waals surface area contributed by atoms with Gasteiger partial charge >= 0.3 is 0 Å². The lowest BCUT2D eigenvalue weighted by Crippen LogP contribution is -2.08. The molecular weight excluding hydrogens is 234 g/mol. The van der Waals surface area contributed by atoms with E-state index in [0.717, 1.165) is 29.5 Å². The highest BCUT2D eigenvalue weighted by Crippen LogP contribution is 2.39. The van der Waals surface area contributed by atoms with Crippen molar-refractivity contribution in [1.29, 1.82) is 0 Å². The lowest BCUT2D eigenvalue weighted by atomic mass is 9.95. The number of hydrogen-bond acceptors (Lipinski definition) is 1. The maximum atomic E-state index is 11.4. The molecule has 19 heavy (non-hydrogen) atoms. The van der Waals surface area contributed by atoms with E-state index in [1.165, 1.54) is 22.2 Å². The van der Waals surface area contributed by atoms with Crippen LogP contribution < -0.4 is 0 Å². The van der Waals surface area contributed by atoms with Gasteiger partial charge in [-0.2, -0.15) is 0 Å². The van der Waals surface area contributed by atoms with Gasteiger partial charge in [0.05, 0.1) is 5.52 Å². The third kappa shape index (κ3) is 1.23. The first-order valence-corrected chi connectivity index (χ1v) is 6.46. The summed E-state index contributed by atoms with van der Waals surface area (Å²) in [7, 11) is 0. The van der Waals surface area contributed by atoms with E-state index in [1.54, 1.807) is 0 Å². The molecule has 0 radical (unpaired) electrons. The van der Waals surface area contributed by atoms with Crippen LogP contribution in [0.3, 0.4) is 0 Å². The minimum absolute atomic E-state index is 0.824. The predicted octanol–water partition coefficient (Wildman–Crippen LogP) is 3.79. The van der Waals surface area contributed by atoms with Crippen molar-refractivity contribution in [3.63, 3.8) is 0 Å². The number of nitrogens with zero attached hydrogens (tertiary/aromatic N) is 1. The molecule has 0 amide bonds. The summed E-state index contributed by atoms with van der Waals surface area (Å²) < 4.78 is 2.26. The zero-order valence-electron chi connectivity index (χ0n) is 10.7. The van der Waals surface area contributed by atoms with E-state index in [-0.39, 0.29) is 0 Å². The topological polar surface area (TPSA) is 22.0 Å². The van der Waals surface area contributed by atoms with Gasteiger partial charge in [0.2, 0.25) is 0 Å². The monoisotopic (exact) mass is 247 g/mol. The van der Waals surface area contributed by atoms with E-state index >= 15 is 0 Å². The molecule has 0 unspecified atom stereocenters. The largest absolute Gasteiger partial charge is 0.339 e. The molecule has 0 saturated carbocycles. The third-order valence-corrected chi connectivity index (χ3v) is 4.14. The lowest BCUT2D eigenvalue weighted by molar-refractivity contribution is 0.112. The Kier molecular flexibility index (Phi) is 1.99. The summed E-state index contributed by atoms with van der Waals surface area (Å²) in [6.45, 7) is 2.88. The maximum Gasteiger partial charge on any atom is 0.152 e. The van der Waals surface area contributed by atoms with Crippen LogP contribution in [0.15, 0.2) is 42.5 Å². The first-order chi connectivity index (χ1) is 9.31. The molecule has 3 aromatic rings. The van der Waals surface area contributed by atoms with Gasteiger partial charge in [-0.15, -0.1) is 0 Å². The van der Waals surface area contributed by atoms with Gasteiger partial charge in [-0.05, 0) is 18.1 Å². The van der Waals surface area contributed by atoms with Gasteiger partial charge in [-0.1, -0.05) is 42.5 Å². The van der Waals surface area contributed by atoms with Crippen molar-refractivity contribution in [3.8, 4) is 11.1 Å². The van der Waals surface area contributed by atoms with Crippen molar-refractivity contribution in [1.82, 2.24) is 4.57 Å². The van der Waals surface area contributed by atoms with Gasteiger partial charge in [0, 0.05) is 28.8 Å². The van der Waals surface area contributed by atoms with Crippen LogP contribution in [0.2, 0.25) is 0 Å². The van der Waals surface area contributed by atoms with E-state index in [4.69, 9.17) is 0 Å². The van der Waals surface area contributed by atoms with Crippen LogP contribution in [0.1, 0.15) is 21.6 Å². The molecule has 1 aliphatic heterocycles. The summed E-state index contributed by atoms with van der Waals surface area (Å²) in [6, 6.07) is 14.7. The standard InChI is InChI=1S/C17H13NO/c1-11-16(10-19)15-8-4-7-14-13-6-3-2-5-12(13)9-18(11)17(14)15/h2-8,10H,9H2,1H3. The van der Waals surface area contributed by atoms with E-state index in [2.05, 4.69) is 34.9 Å². The van der Waals surface area contributed by atoms with Crippen molar-refractivity contribution in [3.05, 3.63) is 59.3 Å². The number of aromatic nitrogens is 1. The van der Waals surface area contributed by atoms with Gasteiger partial charge in [-0.3, -0.25) is 4.79 Å². The van der Waals surface area contributed by atoms with E-state index in [0.29, 0.717) is 0 Å². The highest BCUT2D eigenvalue weighted by molar-refractivity contribution is 6.06. The molecule has 2 heteroatoms. The Bertz CT molecular complexity index is 827. The summed E-state index contributed by atoms with van der Waals surface area (Å²) in [5.41, 5.74) is 6.92. The van der Waals surface area contributed by atoms with Crippen molar-refractivity contribution < 1.29 is 4.79 Å². The molecule has 4 rings (SSSR count). The van der Waals surface area contributed by atoms with Gasteiger partial charge in [0.25, 0.3) is 0 Å². The number of benzene rings is 2. The lowest BCUT2D eigenvalue weighted by Gasteiger charge is -2.20. The molecule has 0 N–H and O–H groups in total. The van der Waals surface area contributed by atoms with Crippen molar-refractivity contribution in [2.24, 2.45) is 0 Å². The predicted molar refractivity (Wildman–Crippen MR) is 76.6 cm³/mol. The van der Waals surface area contributed by atoms with Crippen LogP contribution in [-0.2, 0) is 6.54 Å². The molecule has 0 atom stereocenters. The minimum Gasteiger partial charge on any atom is -0.339 e. The van der Waals surface area contributed by atoms with Crippen LogP contribution in [-0.4, -0.2) is 10.9 Å². The second-order valence-corrected chi connectivity index (χ2v) is 5.06. The number of fused-ring (bicyclic) bond motifs is 2. The van der Waals surface area contributed by atoms with Crippen LogP contribution in [0.25, 0.3) is 22.0 Å². The molecule has 0 aliphatic carbocycles. The average Bonchev–Trinajstić information content (AvgIpc) is 2.73. The highest BCUT2D eigenvalue weighted by Gasteiger charge is 2.22. The molecule has 2 heterocycles. The number of rotatable bonds is 1. The van der Waals surface area contributed by atoms with Crippen LogP contribution >= 0.6 is 0 Å². The molecule has 1 aromatic heterocycles. The summed E-state index contributed by atoms with van der Waals surface area (Å²) >= 11 is 0. The first-order valence-electron chi connectivity index (χ1n) is 6.46. The second-order valence-electron chi connectivity index (χ2n) is 5.06. The van der Waals surface area contributed by atoms with Crippen LogP contribution in [0, 0.1) is 6.92 Å². The molecule has 0 fully saturated rings. The normalized spacial score (nSPS) is 12.5. The van der Waals surface area contributed by atoms with Crippen molar-refractivity contribution >= 4 is 17.2 Å². The fraction of sp³-hybridized carbons (Fsp3) is 0.118. The zero-order valence-corrected chi connectivity index (χ0v) is 10.7. The SMILES string of the molecule is Cc1c(C=O)c2cccc3c2n1Cc1ccccc1-3. The molecule has 0 spiro atoms. The Morgan fingerprint density at radius 2 is 1.84 bits per heavy atom. The minimum atomic E-state index is 0.824. The number of aldehydes is 1. The number of carbonyl (C=O) groups is 1. The van der Waals surface area contributed by atoms with Gasteiger partial charge in [-0.25, -0.2) is 0 Å². The van der Waals surface area contributed by atoms with Gasteiger partial charge in [0.15, 0.2) is 6.29 Å². The summed E-state index contributed by atoms with van der Waals surface area (Å²) in [5.74, 6) is 0. The Morgan fingerprint density at radius 3 is 2.68 bits per heavy atom. The summed E-state index contributed by atoms with van der Waals surface area (Å²) in [5, 5.41) is 1.07. The highest BCUT2D eigenvalue weighted by atomic mass is 16.1. The molecule has 2 nitrogen and oxygen atoms in total. The number of hydrogen-bond donors (Lipinski definition) is 0. The average molecular weight is 247 g/mol. The zero-order chi connectivity index (χ0) is 13.0. The Labute approximate surface area is 111 Å². The first kappa shape index (κ1) is 10.6. The molecule has 2 aromatic carbocycles. The Hall–Kier alpha value is -2.35. The molecule has 0 bridgehead atoms. The van der Waals surface area contributed by atoms with E-state index in [9.17, 15) is 4.79 Å². The van der Waals surface area contributed by atoms with Crippen molar-refractivity contribution in [2.75, 3.05) is 0 Å². The fourth-order valence-corrected chi connectivity index (χ4v) is 3.21. The van der Waals surface area contributed by atoms with Crippen molar-refractivity contribution in [2.45, 2.75) is 13.5 Å². The fourth-order valence-electron chi connectivity index (χ4n) is 3.21. The Balaban J connectivity index is 2.22. The maximum absolute atomic E-state index is 11.4. The number of para-hydroxylation sites is 1. The Morgan fingerprint density at radius 1 is 1.05 bits per heavy atom. The van der Waals surface area contributed by atoms with Crippen LogP contribution in [0.5, 0.6) is 0 Å². The molecule has 1 aliphatic rings. The third-order valence-electron chi connectivity index (χ3n) is 4.14. The van der Waals surface area contributed by atoms with E-state index in [1.807, 2.05) is 19.1 Å². The van der Waals surface area contributed by atoms with Gasteiger partial charge < -0.3 is 4.57 Å². The van der Waals surface area contributed by atoms with E-state index < -0.39 is 0 Å². The van der Waals surface area contributed by atoms with Gasteiger partial charge in [0.1, 0.15) is 0 Å². The summed E-state index contributed by atoms with van der Waals surface area (Å²) in [6.07, 6.45) is 0.980. The quantitative estimate of drug-likeness (QED) is 0.469. The van der Waals surface area contributed by atoms with Crippen LogP contribution in [0.4, 0.5) is 0 Å². The second kappa shape index (κ2) is 3.58. The molecular formula is C17H13NO. The summed E-state index contributed by atoms with van der Waals surface area (Å²) in [4.78, 5) is 11.4. The molecule has 92 valence electrons. The number of carbonyl (C=O) groups excluding carboxylic acids is 1.